The van der Waals surface area contributed by atoms with Crippen LogP contribution in [0, 0.1) is 11.3 Å². The lowest BCUT2D eigenvalue weighted by Crippen LogP contribution is -2.34. The molecule has 0 atom stereocenters. The van der Waals surface area contributed by atoms with E-state index < -0.39 is 19.9 Å². The van der Waals surface area contributed by atoms with E-state index in [2.05, 4.69) is 0 Å². The van der Waals surface area contributed by atoms with Gasteiger partial charge in [0.25, 0.3) is 0 Å². The lowest BCUT2D eigenvalue weighted by Gasteiger charge is -2.19. The molecule has 0 radical (unpaired) electrons. The van der Waals surface area contributed by atoms with E-state index in [1.54, 1.807) is 24.3 Å². The number of benzene rings is 1. The lowest BCUT2D eigenvalue weighted by atomic mass is 10.2. The molecule has 1 aliphatic rings. The van der Waals surface area contributed by atoms with Gasteiger partial charge in [-0.15, -0.1) is 0 Å². The predicted molar refractivity (Wildman–Crippen MR) is 78.6 cm³/mol. The molecule has 1 aromatic rings. The van der Waals surface area contributed by atoms with E-state index >= 15 is 0 Å². The summed E-state index contributed by atoms with van der Waals surface area (Å²) >= 11 is 0. The van der Waals surface area contributed by atoms with Gasteiger partial charge >= 0.3 is 0 Å². The van der Waals surface area contributed by atoms with Gasteiger partial charge in [0, 0.05) is 13.1 Å². The fraction of sp³-hybridized carbons (Fsp3) is 0.462. The van der Waals surface area contributed by atoms with Crippen molar-refractivity contribution >= 4 is 19.9 Å². The lowest BCUT2D eigenvalue weighted by molar-refractivity contribution is 0.434. The number of hydrogen-bond donors (Lipinski definition) is 0. The highest BCUT2D eigenvalue weighted by Gasteiger charge is 2.27. The molecule has 21 heavy (non-hydrogen) atoms. The Kier molecular flexibility index (Phi) is 4.66. The Bertz CT molecular complexity index is 746. The van der Waals surface area contributed by atoms with Gasteiger partial charge in [-0.25, -0.2) is 21.1 Å². The minimum Gasteiger partial charge on any atom is -0.229 e. The minimum atomic E-state index is -3.54. The summed E-state index contributed by atoms with van der Waals surface area (Å²) in [6.07, 6.45) is 0.328. The molecule has 114 valence electrons. The molecule has 2 rings (SSSR count). The summed E-state index contributed by atoms with van der Waals surface area (Å²) in [7, 11) is -6.68. The normalized spacial score (nSPS) is 19.6. The van der Waals surface area contributed by atoms with Crippen LogP contribution >= 0.6 is 0 Å². The van der Waals surface area contributed by atoms with E-state index in [9.17, 15) is 16.8 Å². The van der Waals surface area contributed by atoms with Crippen molar-refractivity contribution < 1.29 is 16.8 Å². The van der Waals surface area contributed by atoms with Crippen LogP contribution in [0.1, 0.15) is 17.5 Å². The molecular formula is C13H16N2O4S2. The summed E-state index contributed by atoms with van der Waals surface area (Å²) in [6.45, 7) is 0.249. The summed E-state index contributed by atoms with van der Waals surface area (Å²) < 4.78 is 49.0. The van der Waals surface area contributed by atoms with Crippen molar-refractivity contribution in [3.05, 3.63) is 35.4 Å². The number of rotatable bonds is 3. The predicted octanol–water partition coefficient (Wildman–Crippen LogP) is 0.509. The Balaban J connectivity index is 2.12. The number of nitriles is 1. The van der Waals surface area contributed by atoms with E-state index in [1.165, 1.54) is 4.31 Å². The van der Waals surface area contributed by atoms with Crippen LogP contribution in [0.2, 0.25) is 0 Å². The summed E-state index contributed by atoms with van der Waals surface area (Å²) in [6, 6.07) is 8.31. The molecule has 0 spiro atoms. The van der Waals surface area contributed by atoms with Crippen molar-refractivity contribution in [2.75, 3.05) is 24.6 Å². The SMILES string of the molecule is N#Cc1ccc(CS(=O)(=O)N2CCCS(=O)(=O)CC2)cc1. The molecule has 1 saturated heterocycles. The Morgan fingerprint density at radius 1 is 1.14 bits per heavy atom. The van der Waals surface area contributed by atoms with Crippen LogP contribution in [-0.2, 0) is 25.6 Å². The molecule has 0 aromatic heterocycles. The van der Waals surface area contributed by atoms with Gasteiger partial charge in [0.2, 0.25) is 10.0 Å². The highest BCUT2D eigenvalue weighted by atomic mass is 32.2. The second kappa shape index (κ2) is 6.13. The van der Waals surface area contributed by atoms with Crippen molar-refractivity contribution in [1.29, 1.82) is 5.26 Å². The third-order valence-corrected chi connectivity index (χ3v) is 6.91. The molecular weight excluding hydrogens is 312 g/mol. The fourth-order valence-electron chi connectivity index (χ4n) is 2.17. The number of nitrogens with zero attached hydrogens (tertiary/aromatic N) is 2. The Hall–Kier alpha value is -1.43. The van der Waals surface area contributed by atoms with Gasteiger partial charge in [0.15, 0.2) is 9.84 Å². The summed E-state index contributed by atoms with van der Waals surface area (Å²) in [4.78, 5) is 0. The monoisotopic (exact) mass is 328 g/mol. The topological polar surface area (TPSA) is 95.3 Å². The van der Waals surface area contributed by atoms with Crippen molar-refractivity contribution in [3.63, 3.8) is 0 Å². The Labute approximate surface area is 125 Å². The molecule has 0 saturated carbocycles. The maximum absolute atomic E-state index is 12.3. The van der Waals surface area contributed by atoms with Crippen LogP contribution in [0.15, 0.2) is 24.3 Å². The molecule has 0 amide bonds. The van der Waals surface area contributed by atoms with Crippen LogP contribution < -0.4 is 0 Å². The van der Waals surface area contributed by atoms with Crippen molar-refractivity contribution in [1.82, 2.24) is 4.31 Å². The molecule has 1 heterocycles. The van der Waals surface area contributed by atoms with Crippen LogP contribution in [0.5, 0.6) is 0 Å². The van der Waals surface area contributed by atoms with Crippen molar-refractivity contribution in [2.24, 2.45) is 0 Å². The van der Waals surface area contributed by atoms with E-state index in [0.717, 1.165) is 0 Å². The van der Waals surface area contributed by atoms with Gasteiger partial charge in [-0.05, 0) is 24.1 Å². The molecule has 0 aliphatic carbocycles. The maximum atomic E-state index is 12.3. The zero-order valence-corrected chi connectivity index (χ0v) is 13.0. The Morgan fingerprint density at radius 3 is 2.43 bits per heavy atom. The van der Waals surface area contributed by atoms with Crippen LogP contribution in [0.4, 0.5) is 0 Å². The minimum absolute atomic E-state index is 0.0148. The summed E-state index contributed by atoms with van der Waals surface area (Å²) in [5, 5.41) is 8.71. The van der Waals surface area contributed by atoms with Gasteiger partial charge < -0.3 is 0 Å². The Morgan fingerprint density at radius 2 is 1.81 bits per heavy atom. The second-order valence-corrected chi connectivity index (χ2v) is 9.24. The van der Waals surface area contributed by atoms with E-state index in [4.69, 9.17) is 5.26 Å². The molecule has 6 nitrogen and oxygen atoms in total. The average molecular weight is 328 g/mol. The van der Waals surface area contributed by atoms with Gasteiger partial charge in [0.1, 0.15) is 0 Å². The number of hydrogen-bond acceptors (Lipinski definition) is 5. The molecule has 0 N–H and O–H groups in total. The van der Waals surface area contributed by atoms with Crippen molar-refractivity contribution in [3.8, 4) is 6.07 Å². The fourth-order valence-corrected chi connectivity index (χ4v) is 5.13. The van der Waals surface area contributed by atoms with E-state index in [1.807, 2.05) is 6.07 Å². The van der Waals surface area contributed by atoms with Gasteiger partial charge in [-0.2, -0.15) is 5.26 Å². The number of sulfone groups is 1. The zero-order chi connectivity index (χ0) is 15.5. The first-order valence-corrected chi connectivity index (χ1v) is 9.93. The van der Waals surface area contributed by atoms with Crippen molar-refractivity contribution in [2.45, 2.75) is 12.2 Å². The van der Waals surface area contributed by atoms with Crippen LogP contribution in [-0.4, -0.2) is 45.7 Å². The largest absolute Gasteiger partial charge is 0.229 e. The quantitative estimate of drug-likeness (QED) is 0.805. The average Bonchev–Trinajstić information content (AvgIpc) is 2.60. The number of sulfonamides is 1. The third kappa shape index (κ3) is 4.27. The van der Waals surface area contributed by atoms with Crippen LogP contribution in [0.3, 0.4) is 0 Å². The maximum Gasteiger partial charge on any atom is 0.218 e. The highest BCUT2D eigenvalue weighted by Crippen LogP contribution is 2.15. The third-order valence-electron chi connectivity index (χ3n) is 3.34. The highest BCUT2D eigenvalue weighted by molar-refractivity contribution is 7.91. The molecule has 0 unspecified atom stereocenters. The van der Waals surface area contributed by atoms with Gasteiger partial charge in [-0.3, -0.25) is 0 Å². The molecule has 0 bridgehead atoms. The van der Waals surface area contributed by atoms with Crippen LogP contribution in [0.25, 0.3) is 0 Å². The smallest absolute Gasteiger partial charge is 0.218 e. The first-order valence-electron chi connectivity index (χ1n) is 6.50. The van der Waals surface area contributed by atoms with E-state index in [0.29, 0.717) is 17.5 Å². The van der Waals surface area contributed by atoms with Gasteiger partial charge in [-0.1, -0.05) is 12.1 Å². The zero-order valence-electron chi connectivity index (χ0n) is 11.4. The summed E-state index contributed by atoms with van der Waals surface area (Å²) in [5.41, 5.74) is 1.05. The molecule has 1 fully saturated rings. The second-order valence-electron chi connectivity index (χ2n) is 4.97. The summed E-state index contributed by atoms with van der Waals surface area (Å²) in [5.74, 6) is -0.270. The van der Waals surface area contributed by atoms with Gasteiger partial charge in [0.05, 0.1) is 28.9 Å². The molecule has 1 aliphatic heterocycles. The first-order chi connectivity index (χ1) is 9.82. The van der Waals surface area contributed by atoms with E-state index in [-0.39, 0.29) is 30.3 Å². The molecule has 8 heteroatoms. The first kappa shape index (κ1) is 15.9. The molecule has 1 aromatic carbocycles. The standard InChI is InChI=1S/C13H16N2O4S2/c14-10-12-2-4-13(5-3-12)11-21(18,19)15-6-1-8-20(16,17)9-7-15/h2-5H,1,6-9,11H2.